The van der Waals surface area contributed by atoms with Gasteiger partial charge >= 0.3 is 0 Å². The minimum Gasteiger partial charge on any atom is -0.493 e. The van der Waals surface area contributed by atoms with Gasteiger partial charge in [0.05, 0.1) is 7.11 Å². The zero-order valence-corrected chi connectivity index (χ0v) is 18.9. The second kappa shape index (κ2) is 11.2. The van der Waals surface area contributed by atoms with Crippen LogP contribution in [0, 0.1) is 11.7 Å². The maximum Gasteiger partial charge on any atom is 0.273 e. The summed E-state index contributed by atoms with van der Waals surface area (Å²) in [4.78, 5) is 27.0. The molecule has 0 aliphatic heterocycles. The Hall–Kier alpha value is -3.75. The summed E-state index contributed by atoms with van der Waals surface area (Å²) in [7, 11) is 1.50. The van der Waals surface area contributed by atoms with Gasteiger partial charge in [0.2, 0.25) is 5.91 Å². The molecule has 0 radical (unpaired) electrons. The molecular formula is C24H27FN4O4. The van der Waals surface area contributed by atoms with Crippen molar-refractivity contribution in [2.75, 3.05) is 13.7 Å². The molecule has 8 nitrogen and oxygen atoms in total. The molecule has 2 aromatic carbocycles. The van der Waals surface area contributed by atoms with Crippen molar-refractivity contribution in [3.8, 4) is 22.9 Å². The second-order valence-electron chi connectivity index (χ2n) is 7.93. The first-order valence-corrected chi connectivity index (χ1v) is 10.6. The molecule has 0 aliphatic rings. The van der Waals surface area contributed by atoms with Gasteiger partial charge in [-0.05, 0) is 41.8 Å². The first-order valence-electron chi connectivity index (χ1n) is 10.6. The monoisotopic (exact) mass is 454 g/mol. The summed E-state index contributed by atoms with van der Waals surface area (Å²) in [6, 6.07) is 11.2. The van der Waals surface area contributed by atoms with Crippen LogP contribution in [0.3, 0.4) is 0 Å². The molecule has 1 aromatic heterocycles. The Morgan fingerprint density at radius 3 is 2.67 bits per heavy atom. The molecule has 3 rings (SSSR count). The van der Waals surface area contributed by atoms with E-state index in [0.29, 0.717) is 35.1 Å². The van der Waals surface area contributed by atoms with Gasteiger partial charge in [0.1, 0.15) is 18.1 Å². The van der Waals surface area contributed by atoms with Crippen molar-refractivity contribution in [2.24, 2.45) is 5.92 Å². The molecule has 0 atom stereocenters. The van der Waals surface area contributed by atoms with E-state index in [1.165, 1.54) is 19.2 Å². The lowest BCUT2D eigenvalue weighted by molar-refractivity contribution is -0.121. The van der Waals surface area contributed by atoms with Crippen LogP contribution in [0.5, 0.6) is 11.5 Å². The number of nitrogens with one attached hydrogen (secondary N) is 2. The molecular weight excluding hydrogens is 427 g/mol. The van der Waals surface area contributed by atoms with E-state index in [-0.39, 0.29) is 42.7 Å². The Balaban J connectivity index is 1.68. The molecule has 1 amide bonds. The Kier molecular flexibility index (Phi) is 8.12. The van der Waals surface area contributed by atoms with E-state index in [2.05, 4.69) is 20.5 Å². The lowest BCUT2D eigenvalue weighted by Crippen LogP contribution is -2.28. The fourth-order valence-electron chi connectivity index (χ4n) is 3.01. The largest absolute Gasteiger partial charge is 0.493 e. The van der Waals surface area contributed by atoms with Crippen LogP contribution in [0.1, 0.15) is 31.5 Å². The molecule has 0 fully saturated rings. The molecule has 0 aliphatic carbocycles. The number of carbonyl (C=O) groups excluding carboxylic acids is 1. The number of nitrogens with zero attached hydrogens (tertiary/aromatic N) is 2. The van der Waals surface area contributed by atoms with E-state index in [0.717, 1.165) is 0 Å². The van der Waals surface area contributed by atoms with Crippen LogP contribution in [0.4, 0.5) is 4.39 Å². The molecule has 0 unspecified atom stereocenters. The lowest BCUT2D eigenvalue weighted by Gasteiger charge is -2.12. The molecule has 9 heteroatoms. The number of benzene rings is 2. The Morgan fingerprint density at radius 1 is 1.15 bits per heavy atom. The Morgan fingerprint density at radius 2 is 1.97 bits per heavy atom. The summed E-state index contributed by atoms with van der Waals surface area (Å²) in [6.45, 7) is 4.77. The van der Waals surface area contributed by atoms with Crippen LogP contribution in [0.15, 0.2) is 47.3 Å². The molecule has 174 valence electrons. The number of H-pyrrole nitrogens is 1. The molecule has 0 bridgehead atoms. The summed E-state index contributed by atoms with van der Waals surface area (Å²) in [5.41, 5.74) is 1.06. The second-order valence-corrected chi connectivity index (χ2v) is 7.93. The standard InChI is InChI=1S/C24H27FN4O4/c1-15(2)13-26-22(30)10-8-19-24(31)27-23(29-28-19)17-7-9-20(21(12-17)32-3)33-14-16-5-4-6-18(25)11-16/h4-7,9,11-12,15H,8,10,13-14H2,1-3H3,(H,26,30)(H,27,29,31). The van der Waals surface area contributed by atoms with Crippen molar-refractivity contribution in [1.82, 2.24) is 20.5 Å². The third kappa shape index (κ3) is 6.86. The van der Waals surface area contributed by atoms with Gasteiger partial charge < -0.3 is 19.8 Å². The van der Waals surface area contributed by atoms with Crippen LogP contribution >= 0.6 is 0 Å². The van der Waals surface area contributed by atoms with Gasteiger partial charge in [0.25, 0.3) is 5.56 Å². The maximum atomic E-state index is 13.3. The van der Waals surface area contributed by atoms with Crippen molar-refractivity contribution in [3.05, 3.63) is 69.9 Å². The fraction of sp³-hybridized carbons (Fsp3) is 0.333. The number of halogens is 1. The predicted octanol–water partition coefficient (Wildman–Crippen LogP) is 3.26. The van der Waals surface area contributed by atoms with Gasteiger partial charge in [-0.3, -0.25) is 9.59 Å². The lowest BCUT2D eigenvalue weighted by atomic mass is 10.2. The highest BCUT2D eigenvalue weighted by molar-refractivity contribution is 5.76. The molecule has 0 saturated carbocycles. The number of ether oxygens (including phenoxy) is 2. The number of amides is 1. The van der Waals surface area contributed by atoms with Crippen LogP contribution in [0.2, 0.25) is 0 Å². The van der Waals surface area contributed by atoms with Gasteiger partial charge in [-0.2, -0.15) is 0 Å². The Labute approximate surface area is 191 Å². The third-order valence-corrected chi connectivity index (χ3v) is 4.78. The normalized spacial score (nSPS) is 10.8. The maximum absolute atomic E-state index is 13.3. The molecule has 0 spiro atoms. The number of aromatic nitrogens is 3. The zero-order valence-electron chi connectivity index (χ0n) is 18.9. The van der Waals surface area contributed by atoms with Crippen molar-refractivity contribution in [1.29, 1.82) is 0 Å². The molecule has 0 saturated heterocycles. The topological polar surface area (TPSA) is 106 Å². The first-order chi connectivity index (χ1) is 15.9. The summed E-state index contributed by atoms with van der Waals surface area (Å²) in [5.74, 6) is 1.05. The number of carbonyl (C=O) groups is 1. The number of methoxy groups -OCH3 is 1. The van der Waals surface area contributed by atoms with Crippen molar-refractivity contribution in [2.45, 2.75) is 33.3 Å². The highest BCUT2D eigenvalue weighted by Gasteiger charge is 2.13. The molecule has 3 aromatic rings. The number of aromatic amines is 1. The van der Waals surface area contributed by atoms with Crippen LogP contribution < -0.4 is 20.3 Å². The van der Waals surface area contributed by atoms with E-state index in [1.54, 1.807) is 30.3 Å². The van der Waals surface area contributed by atoms with Gasteiger partial charge in [-0.15, -0.1) is 10.2 Å². The van der Waals surface area contributed by atoms with E-state index in [4.69, 9.17) is 9.47 Å². The minimum atomic E-state index is -0.401. The summed E-state index contributed by atoms with van der Waals surface area (Å²) >= 11 is 0. The van der Waals surface area contributed by atoms with E-state index in [1.807, 2.05) is 13.8 Å². The molecule has 2 N–H and O–H groups in total. The van der Waals surface area contributed by atoms with Crippen molar-refractivity contribution >= 4 is 5.91 Å². The van der Waals surface area contributed by atoms with Crippen LogP contribution in [0.25, 0.3) is 11.4 Å². The number of hydrogen-bond acceptors (Lipinski definition) is 6. The number of rotatable bonds is 10. The zero-order chi connectivity index (χ0) is 23.8. The summed E-state index contributed by atoms with van der Waals surface area (Å²) in [5, 5.41) is 10.9. The van der Waals surface area contributed by atoms with Gasteiger partial charge in [-0.1, -0.05) is 26.0 Å². The van der Waals surface area contributed by atoms with Crippen LogP contribution in [-0.2, 0) is 17.8 Å². The first kappa shape index (κ1) is 23.9. The average Bonchev–Trinajstić information content (AvgIpc) is 2.80. The fourth-order valence-corrected chi connectivity index (χ4v) is 3.01. The summed E-state index contributed by atoms with van der Waals surface area (Å²) in [6.07, 6.45) is 0.359. The van der Waals surface area contributed by atoms with E-state index < -0.39 is 5.56 Å². The van der Waals surface area contributed by atoms with Gasteiger partial charge in [-0.25, -0.2) is 4.39 Å². The third-order valence-electron chi connectivity index (χ3n) is 4.78. The SMILES string of the molecule is COc1cc(-c2nnc(CCC(=O)NCC(C)C)c(=O)[nH]2)ccc1OCc1cccc(F)c1. The van der Waals surface area contributed by atoms with Crippen molar-refractivity contribution in [3.63, 3.8) is 0 Å². The summed E-state index contributed by atoms with van der Waals surface area (Å²) < 4.78 is 24.5. The quantitative estimate of drug-likeness (QED) is 0.487. The van der Waals surface area contributed by atoms with Gasteiger partial charge in [0, 0.05) is 24.9 Å². The van der Waals surface area contributed by atoms with E-state index >= 15 is 0 Å². The predicted molar refractivity (Wildman–Crippen MR) is 122 cm³/mol. The molecule has 1 heterocycles. The minimum absolute atomic E-state index is 0.132. The smallest absolute Gasteiger partial charge is 0.273 e. The highest BCUT2D eigenvalue weighted by Crippen LogP contribution is 2.31. The van der Waals surface area contributed by atoms with E-state index in [9.17, 15) is 14.0 Å². The number of aryl methyl sites for hydroxylation is 1. The average molecular weight is 455 g/mol. The van der Waals surface area contributed by atoms with Crippen molar-refractivity contribution < 1.29 is 18.7 Å². The van der Waals surface area contributed by atoms with Crippen LogP contribution in [-0.4, -0.2) is 34.7 Å². The highest BCUT2D eigenvalue weighted by atomic mass is 19.1. The van der Waals surface area contributed by atoms with Gasteiger partial charge in [0.15, 0.2) is 17.3 Å². The Bertz CT molecular complexity index is 1160. The number of hydrogen-bond donors (Lipinski definition) is 2. The molecule has 33 heavy (non-hydrogen) atoms.